The van der Waals surface area contributed by atoms with E-state index in [-0.39, 0.29) is 17.8 Å². The van der Waals surface area contributed by atoms with Crippen LogP contribution >= 0.6 is 0 Å². The number of rotatable bonds is 6. The summed E-state index contributed by atoms with van der Waals surface area (Å²) < 4.78 is 1.89. The Morgan fingerprint density at radius 1 is 1.05 bits per heavy atom. The first-order valence-corrected chi connectivity index (χ1v) is 5.80. The lowest BCUT2D eigenvalue weighted by molar-refractivity contribution is -0.186. The van der Waals surface area contributed by atoms with Crippen LogP contribution in [0.4, 0.5) is 0 Å². The van der Waals surface area contributed by atoms with Crippen molar-refractivity contribution in [3.8, 4) is 0 Å². The van der Waals surface area contributed by atoms with Crippen molar-refractivity contribution in [1.82, 2.24) is 9.63 Å². The van der Waals surface area contributed by atoms with Crippen LogP contribution in [0.3, 0.4) is 0 Å². The maximum Gasteiger partial charge on any atom is 0.285 e. The van der Waals surface area contributed by atoms with Crippen molar-refractivity contribution < 1.29 is 14.4 Å². The molecule has 0 radical (unpaired) electrons. The normalized spacial score (nSPS) is 15.3. The molecule has 0 aromatic carbocycles. The van der Waals surface area contributed by atoms with Gasteiger partial charge in [-0.15, -0.1) is 5.06 Å². The standard InChI is InChI=1S/C14H14N2O3/c1-3-11-12(4-2)14(18)16(13(11)17)19-10-9-15-7-5-6-8-15/h3-8H,1-2,9-10H2. The second-order valence-corrected chi connectivity index (χ2v) is 3.89. The minimum atomic E-state index is -0.498. The lowest BCUT2D eigenvalue weighted by Crippen LogP contribution is -2.32. The van der Waals surface area contributed by atoms with Gasteiger partial charge in [-0.3, -0.25) is 14.4 Å². The number of aromatic nitrogens is 1. The van der Waals surface area contributed by atoms with Gasteiger partial charge < -0.3 is 4.57 Å². The molecule has 2 heterocycles. The Bertz CT molecular complexity index is 525. The summed E-state index contributed by atoms with van der Waals surface area (Å²) in [5, 5.41) is 0.761. The summed E-state index contributed by atoms with van der Waals surface area (Å²) in [6.45, 7) is 7.81. The molecule has 0 N–H and O–H groups in total. The topological polar surface area (TPSA) is 51.5 Å². The number of hydrogen-bond donors (Lipinski definition) is 0. The van der Waals surface area contributed by atoms with Crippen LogP contribution in [0.25, 0.3) is 0 Å². The van der Waals surface area contributed by atoms with E-state index >= 15 is 0 Å². The molecule has 1 aromatic rings. The Balaban J connectivity index is 1.99. The minimum Gasteiger partial charge on any atom is -0.352 e. The molecular weight excluding hydrogens is 244 g/mol. The quantitative estimate of drug-likeness (QED) is 0.726. The largest absolute Gasteiger partial charge is 0.352 e. The average Bonchev–Trinajstić information content (AvgIpc) is 2.99. The number of hydrogen-bond acceptors (Lipinski definition) is 3. The van der Waals surface area contributed by atoms with E-state index in [9.17, 15) is 9.59 Å². The molecule has 98 valence electrons. The first kappa shape index (κ1) is 13.0. The predicted octanol–water partition coefficient (Wildman–Crippen LogP) is 1.46. The van der Waals surface area contributed by atoms with Gasteiger partial charge in [0.05, 0.1) is 17.8 Å². The first-order valence-electron chi connectivity index (χ1n) is 5.80. The highest BCUT2D eigenvalue weighted by molar-refractivity contribution is 6.21. The van der Waals surface area contributed by atoms with E-state index in [0.29, 0.717) is 6.54 Å². The van der Waals surface area contributed by atoms with E-state index in [1.807, 2.05) is 29.1 Å². The molecule has 5 heteroatoms. The Morgan fingerprint density at radius 2 is 1.58 bits per heavy atom. The smallest absolute Gasteiger partial charge is 0.285 e. The average molecular weight is 258 g/mol. The van der Waals surface area contributed by atoms with Gasteiger partial charge in [0, 0.05) is 18.9 Å². The fourth-order valence-corrected chi connectivity index (χ4v) is 1.81. The number of nitrogens with zero attached hydrogens (tertiary/aromatic N) is 2. The van der Waals surface area contributed by atoms with E-state index in [2.05, 4.69) is 13.2 Å². The zero-order valence-corrected chi connectivity index (χ0v) is 10.4. The van der Waals surface area contributed by atoms with Crippen molar-refractivity contribution in [2.45, 2.75) is 6.54 Å². The molecule has 0 aliphatic carbocycles. The fraction of sp³-hybridized carbons (Fsp3) is 0.143. The van der Waals surface area contributed by atoms with Crippen molar-refractivity contribution >= 4 is 11.8 Å². The summed E-state index contributed by atoms with van der Waals surface area (Å²) >= 11 is 0. The Hall–Kier alpha value is -2.40. The number of amides is 2. The summed E-state index contributed by atoms with van der Waals surface area (Å²) in [5.74, 6) is -0.996. The van der Waals surface area contributed by atoms with Crippen LogP contribution in [0.1, 0.15) is 0 Å². The lowest BCUT2D eigenvalue weighted by atomic mass is 10.1. The number of carbonyl (C=O) groups is 2. The molecule has 1 aromatic heterocycles. The molecule has 5 nitrogen and oxygen atoms in total. The second kappa shape index (κ2) is 5.49. The highest BCUT2D eigenvalue weighted by Gasteiger charge is 2.36. The highest BCUT2D eigenvalue weighted by atomic mass is 16.7. The molecule has 19 heavy (non-hydrogen) atoms. The third kappa shape index (κ3) is 2.41. The molecule has 0 unspecified atom stereocenters. The molecule has 0 atom stereocenters. The van der Waals surface area contributed by atoms with Crippen molar-refractivity contribution in [3.63, 3.8) is 0 Å². The van der Waals surface area contributed by atoms with Gasteiger partial charge in [0.15, 0.2) is 0 Å². The summed E-state index contributed by atoms with van der Waals surface area (Å²) in [6.07, 6.45) is 6.43. The highest BCUT2D eigenvalue weighted by Crippen LogP contribution is 2.22. The van der Waals surface area contributed by atoms with E-state index in [1.54, 1.807) is 0 Å². The van der Waals surface area contributed by atoms with Crippen LogP contribution in [0.2, 0.25) is 0 Å². The number of hydroxylamine groups is 2. The molecule has 0 saturated carbocycles. The molecule has 0 saturated heterocycles. The van der Waals surface area contributed by atoms with E-state index in [1.165, 1.54) is 12.2 Å². The zero-order valence-electron chi connectivity index (χ0n) is 10.4. The van der Waals surface area contributed by atoms with E-state index in [0.717, 1.165) is 5.06 Å². The summed E-state index contributed by atoms with van der Waals surface area (Å²) in [6, 6.07) is 3.78. The second-order valence-electron chi connectivity index (χ2n) is 3.89. The van der Waals surface area contributed by atoms with Gasteiger partial charge in [0.1, 0.15) is 0 Å². The maximum atomic E-state index is 11.9. The molecule has 0 bridgehead atoms. The maximum absolute atomic E-state index is 11.9. The van der Waals surface area contributed by atoms with Crippen LogP contribution in [-0.2, 0) is 21.0 Å². The van der Waals surface area contributed by atoms with Gasteiger partial charge in [-0.1, -0.05) is 25.3 Å². The first-order chi connectivity index (χ1) is 9.19. The van der Waals surface area contributed by atoms with Gasteiger partial charge >= 0.3 is 0 Å². The van der Waals surface area contributed by atoms with E-state index < -0.39 is 11.8 Å². The van der Waals surface area contributed by atoms with Gasteiger partial charge in [0.2, 0.25) is 0 Å². The SMILES string of the molecule is C=CC1=C(C=C)C(=O)N(OCCn2cccc2)C1=O. The molecule has 2 amide bonds. The van der Waals surface area contributed by atoms with Crippen LogP contribution in [0, 0.1) is 0 Å². The Morgan fingerprint density at radius 3 is 2.05 bits per heavy atom. The molecule has 1 aliphatic rings. The van der Waals surface area contributed by atoms with Gasteiger partial charge in [0.25, 0.3) is 11.8 Å². The van der Waals surface area contributed by atoms with Crippen molar-refractivity contribution in [2.24, 2.45) is 0 Å². The molecule has 2 rings (SSSR count). The summed E-state index contributed by atoms with van der Waals surface area (Å²) in [7, 11) is 0. The van der Waals surface area contributed by atoms with Crippen LogP contribution in [-0.4, -0.2) is 28.1 Å². The van der Waals surface area contributed by atoms with Crippen molar-refractivity contribution in [2.75, 3.05) is 6.61 Å². The van der Waals surface area contributed by atoms with Gasteiger partial charge in [-0.25, -0.2) is 0 Å². The predicted molar refractivity (Wildman–Crippen MR) is 69.7 cm³/mol. The third-order valence-corrected chi connectivity index (χ3v) is 2.76. The molecule has 0 fully saturated rings. The number of imide groups is 1. The van der Waals surface area contributed by atoms with Crippen LogP contribution < -0.4 is 0 Å². The van der Waals surface area contributed by atoms with E-state index in [4.69, 9.17) is 4.84 Å². The third-order valence-electron chi connectivity index (χ3n) is 2.76. The number of carbonyl (C=O) groups excluding carboxylic acids is 2. The molecule has 0 spiro atoms. The van der Waals surface area contributed by atoms with Crippen LogP contribution in [0.15, 0.2) is 61.0 Å². The molecule has 1 aliphatic heterocycles. The fourth-order valence-electron chi connectivity index (χ4n) is 1.81. The van der Waals surface area contributed by atoms with Gasteiger partial charge in [-0.05, 0) is 12.1 Å². The van der Waals surface area contributed by atoms with Crippen molar-refractivity contribution in [1.29, 1.82) is 0 Å². The summed E-state index contributed by atoms with van der Waals surface area (Å²) in [4.78, 5) is 29.1. The monoisotopic (exact) mass is 258 g/mol. The Kier molecular flexibility index (Phi) is 3.77. The zero-order chi connectivity index (χ0) is 13.8. The molecular formula is C14H14N2O3. The Labute approximate surface area is 111 Å². The van der Waals surface area contributed by atoms with Crippen molar-refractivity contribution in [3.05, 3.63) is 61.0 Å². The minimum absolute atomic E-state index is 0.223. The van der Waals surface area contributed by atoms with Crippen LogP contribution in [0.5, 0.6) is 0 Å². The van der Waals surface area contributed by atoms with Gasteiger partial charge in [-0.2, -0.15) is 0 Å². The summed E-state index contributed by atoms with van der Waals surface area (Å²) in [5.41, 5.74) is 0.446. The lowest BCUT2D eigenvalue weighted by Gasteiger charge is -2.14.